The monoisotopic (exact) mass is 293 g/mol. The van der Waals surface area contributed by atoms with E-state index in [1.807, 2.05) is 6.92 Å². The molecule has 0 bridgehead atoms. The number of methoxy groups -OCH3 is 1. The van der Waals surface area contributed by atoms with E-state index in [-0.39, 0.29) is 23.4 Å². The van der Waals surface area contributed by atoms with Crippen molar-refractivity contribution >= 4 is 17.6 Å². The Morgan fingerprint density at radius 1 is 1.29 bits per heavy atom. The molecular weight excluding hydrogens is 278 g/mol. The molecule has 0 aliphatic carbocycles. The second-order valence-corrected chi connectivity index (χ2v) is 4.01. The van der Waals surface area contributed by atoms with Gasteiger partial charge in [-0.3, -0.25) is 10.1 Å². The summed E-state index contributed by atoms with van der Waals surface area (Å²) in [6.07, 6.45) is 2.20. The predicted molar refractivity (Wildman–Crippen MR) is 73.8 cm³/mol. The number of nitrogens with zero attached hydrogens (tertiary/aromatic N) is 1. The molecule has 0 saturated heterocycles. The van der Waals surface area contributed by atoms with Crippen molar-refractivity contribution in [3.05, 3.63) is 51.6 Å². The molecule has 112 valence electrons. The number of non-ortho nitro benzene ring substituents is 1. The molecule has 0 amide bonds. The number of carbonyl (C=O) groups is 2. The maximum atomic E-state index is 11.8. The van der Waals surface area contributed by atoms with Gasteiger partial charge in [0.15, 0.2) is 0 Å². The number of ether oxygens (including phenoxy) is 2. The van der Waals surface area contributed by atoms with E-state index >= 15 is 0 Å². The molecule has 0 aliphatic rings. The molecule has 7 nitrogen and oxygen atoms in total. The van der Waals surface area contributed by atoms with Crippen LogP contribution in [0.25, 0.3) is 0 Å². The summed E-state index contributed by atoms with van der Waals surface area (Å²) in [6, 6.07) is 5.00. The molecule has 7 heteroatoms. The molecule has 0 aromatic heterocycles. The van der Waals surface area contributed by atoms with Crippen LogP contribution in [-0.2, 0) is 14.3 Å². The molecule has 1 aromatic rings. The van der Waals surface area contributed by atoms with Gasteiger partial charge in [0.05, 0.1) is 23.2 Å². The average Bonchev–Trinajstić information content (AvgIpc) is 2.50. The number of benzene rings is 1. The molecule has 0 radical (unpaired) electrons. The van der Waals surface area contributed by atoms with Crippen LogP contribution in [0.5, 0.6) is 0 Å². The molecule has 0 N–H and O–H groups in total. The van der Waals surface area contributed by atoms with Gasteiger partial charge in [-0.25, -0.2) is 9.59 Å². The van der Waals surface area contributed by atoms with Crippen LogP contribution in [0.15, 0.2) is 35.9 Å². The molecule has 21 heavy (non-hydrogen) atoms. The van der Waals surface area contributed by atoms with Crippen molar-refractivity contribution in [3.8, 4) is 0 Å². The lowest BCUT2D eigenvalue weighted by Crippen LogP contribution is -2.14. The van der Waals surface area contributed by atoms with Crippen LogP contribution in [0.1, 0.15) is 23.7 Å². The largest absolute Gasteiger partial charge is 0.466 e. The number of nitro groups is 1. The third-order valence-electron chi connectivity index (χ3n) is 2.57. The van der Waals surface area contributed by atoms with E-state index in [4.69, 9.17) is 4.74 Å². The molecule has 1 rings (SSSR count). The van der Waals surface area contributed by atoms with Gasteiger partial charge in [-0.05, 0) is 18.6 Å². The Kier molecular flexibility index (Phi) is 6.06. The number of rotatable bonds is 6. The van der Waals surface area contributed by atoms with E-state index in [0.717, 1.165) is 0 Å². The Morgan fingerprint density at radius 3 is 2.38 bits per heavy atom. The summed E-state index contributed by atoms with van der Waals surface area (Å²) >= 11 is 0. The third-order valence-corrected chi connectivity index (χ3v) is 2.57. The number of esters is 2. The molecule has 0 aliphatic heterocycles. The highest BCUT2D eigenvalue weighted by molar-refractivity contribution is 5.92. The number of hydrogen-bond acceptors (Lipinski definition) is 6. The topological polar surface area (TPSA) is 95.7 Å². The highest BCUT2D eigenvalue weighted by Crippen LogP contribution is 2.13. The smallest absolute Gasteiger partial charge is 0.338 e. The predicted octanol–water partition coefficient (Wildman–Crippen LogP) is 2.26. The first kappa shape index (κ1) is 16.4. The van der Waals surface area contributed by atoms with Crippen LogP contribution < -0.4 is 0 Å². The molecule has 0 heterocycles. The molecular formula is C14H15NO6. The van der Waals surface area contributed by atoms with Gasteiger partial charge in [-0.15, -0.1) is 0 Å². The zero-order valence-corrected chi connectivity index (χ0v) is 11.7. The van der Waals surface area contributed by atoms with Crippen molar-refractivity contribution in [1.82, 2.24) is 0 Å². The van der Waals surface area contributed by atoms with Crippen LogP contribution in [-0.4, -0.2) is 30.6 Å². The minimum atomic E-state index is -0.671. The maximum absolute atomic E-state index is 11.8. The van der Waals surface area contributed by atoms with Crippen molar-refractivity contribution in [2.75, 3.05) is 13.7 Å². The zero-order valence-electron chi connectivity index (χ0n) is 11.7. The summed E-state index contributed by atoms with van der Waals surface area (Å²) in [6.45, 7) is 1.62. The Morgan fingerprint density at radius 2 is 1.90 bits per heavy atom. The maximum Gasteiger partial charge on any atom is 0.338 e. The van der Waals surface area contributed by atoms with Crippen molar-refractivity contribution in [2.24, 2.45) is 0 Å². The van der Waals surface area contributed by atoms with E-state index in [9.17, 15) is 19.7 Å². The van der Waals surface area contributed by atoms with Gasteiger partial charge >= 0.3 is 11.9 Å². The fourth-order valence-corrected chi connectivity index (χ4v) is 1.52. The summed E-state index contributed by atoms with van der Waals surface area (Å²) in [5.74, 6) is -1.23. The second kappa shape index (κ2) is 7.78. The first-order valence-corrected chi connectivity index (χ1v) is 6.18. The lowest BCUT2D eigenvalue weighted by atomic mass is 10.2. The van der Waals surface area contributed by atoms with Gasteiger partial charge in [0.1, 0.15) is 6.61 Å². The minimum absolute atomic E-state index is 0.118. The van der Waals surface area contributed by atoms with Crippen LogP contribution >= 0.6 is 0 Å². The minimum Gasteiger partial charge on any atom is -0.466 e. The zero-order chi connectivity index (χ0) is 15.8. The molecule has 0 spiro atoms. The van der Waals surface area contributed by atoms with Gasteiger partial charge in [-0.1, -0.05) is 13.0 Å². The van der Waals surface area contributed by atoms with E-state index in [0.29, 0.717) is 6.42 Å². The fourth-order valence-electron chi connectivity index (χ4n) is 1.52. The lowest BCUT2D eigenvalue weighted by molar-refractivity contribution is -0.384. The normalized spacial score (nSPS) is 10.9. The SMILES string of the molecule is CC/C=C(\COC(=O)c1ccc([N+](=O)[O-])cc1)C(=O)OC. The van der Waals surface area contributed by atoms with E-state index < -0.39 is 16.9 Å². The van der Waals surface area contributed by atoms with Crippen molar-refractivity contribution < 1.29 is 24.0 Å². The van der Waals surface area contributed by atoms with Gasteiger partial charge in [-0.2, -0.15) is 0 Å². The van der Waals surface area contributed by atoms with E-state index in [2.05, 4.69) is 4.74 Å². The highest BCUT2D eigenvalue weighted by atomic mass is 16.6. The summed E-state index contributed by atoms with van der Waals surface area (Å²) in [4.78, 5) is 33.1. The van der Waals surface area contributed by atoms with Gasteiger partial charge in [0.25, 0.3) is 5.69 Å². The van der Waals surface area contributed by atoms with Crippen molar-refractivity contribution in [3.63, 3.8) is 0 Å². The Bertz CT molecular complexity index is 561. The van der Waals surface area contributed by atoms with Gasteiger partial charge in [0.2, 0.25) is 0 Å². The number of allylic oxidation sites excluding steroid dienone is 1. The molecule has 0 unspecified atom stereocenters. The summed E-state index contributed by atoms with van der Waals surface area (Å²) < 4.78 is 9.56. The summed E-state index contributed by atoms with van der Waals surface area (Å²) in [5, 5.41) is 10.5. The highest BCUT2D eigenvalue weighted by Gasteiger charge is 2.14. The molecule has 0 fully saturated rings. The Labute approximate surface area is 121 Å². The van der Waals surface area contributed by atoms with Crippen LogP contribution in [0.3, 0.4) is 0 Å². The fraction of sp³-hybridized carbons (Fsp3) is 0.286. The van der Waals surface area contributed by atoms with Crippen LogP contribution in [0, 0.1) is 10.1 Å². The van der Waals surface area contributed by atoms with E-state index in [1.165, 1.54) is 31.4 Å². The average molecular weight is 293 g/mol. The second-order valence-electron chi connectivity index (χ2n) is 4.01. The van der Waals surface area contributed by atoms with Crippen molar-refractivity contribution in [2.45, 2.75) is 13.3 Å². The number of nitro benzene ring substituents is 1. The number of hydrogen-bond donors (Lipinski definition) is 0. The van der Waals surface area contributed by atoms with Gasteiger partial charge in [0, 0.05) is 12.1 Å². The first-order chi connectivity index (χ1) is 9.99. The third kappa shape index (κ3) is 4.72. The molecule has 0 atom stereocenters. The Hall–Kier alpha value is -2.70. The van der Waals surface area contributed by atoms with Crippen LogP contribution in [0.2, 0.25) is 0 Å². The Balaban J connectivity index is 2.70. The quantitative estimate of drug-likeness (QED) is 0.345. The summed E-state index contributed by atoms with van der Waals surface area (Å²) in [7, 11) is 1.24. The molecule has 0 saturated carbocycles. The first-order valence-electron chi connectivity index (χ1n) is 6.18. The van der Waals surface area contributed by atoms with E-state index in [1.54, 1.807) is 6.08 Å². The van der Waals surface area contributed by atoms with Crippen molar-refractivity contribution in [1.29, 1.82) is 0 Å². The lowest BCUT2D eigenvalue weighted by Gasteiger charge is -2.07. The van der Waals surface area contributed by atoms with Gasteiger partial charge < -0.3 is 9.47 Å². The summed E-state index contributed by atoms with van der Waals surface area (Å²) in [5.41, 5.74) is 0.296. The number of carbonyl (C=O) groups excluding carboxylic acids is 2. The molecule has 1 aromatic carbocycles. The van der Waals surface area contributed by atoms with Crippen LogP contribution in [0.4, 0.5) is 5.69 Å². The standard InChI is InChI=1S/C14H15NO6/c1-3-4-11(13(16)20-2)9-21-14(17)10-5-7-12(8-6-10)15(18)19/h4-8H,3,9H2,1-2H3/b11-4+.